The van der Waals surface area contributed by atoms with Gasteiger partial charge in [-0.2, -0.15) is 0 Å². The summed E-state index contributed by atoms with van der Waals surface area (Å²) < 4.78 is 5.56. The van der Waals surface area contributed by atoms with Crippen molar-refractivity contribution in [2.45, 2.75) is 25.3 Å². The Morgan fingerprint density at radius 3 is 2.03 bits per heavy atom. The third-order valence-electron chi connectivity index (χ3n) is 5.61. The van der Waals surface area contributed by atoms with E-state index in [0.29, 0.717) is 26.0 Å². The SMILES string of the molecule is NNC(=O)CCc1ccc(CNC(=O)OCC2c3ccccc3-c3ccccc32)cc1. The molecule has 0 bridgehead atoms. The molecule has 0 saturated heterocycles. The van der Waals surface area contributed by atoms with Crippen molar-refractivity contribution in [3.63, 3.8) is 0 Å². The van der Waals surface area contributed by atoms with E-state index in [-0.39, 0.29) is 11.8 Å². The number of nitrogens with one attached hydrogen (secondary N) is 2. The summed E-state index contributed by atoms with van der Waals surface area (Å²) in [5.74, 6) is 4.94. The second-order valence-electron chi connectivity index (χ2n) is 7.56. The largest absolute Gasteiger partial charge is 0.449 e. The minimum atomic E-state index is -0.439. The fraction of sp³-hybridized carbons (Fsp3) is 0.200. The summed E-state index contributed by atoms with van der Waals surface area (Å²) in [6.45, 7) is 0.669. The van der Waals surface area contributed by atoms with E-state index >= 15 is 0 Å². The van der Waals surface area contributed by atoms with Gasteiger partial charge in [-0.15, -0.1) is 0 Å². The number of benzene rings is 3. The van der Waals surface area contributed by atoms with E-state index in [0.717, 1.165) is 11.1 Å². The highest BCUT2D eigenvalue weighted by molar-refractivity contribution is 5.79. The van der Waals surface area contributed by atoms with Gasteiger partial charge in [0.1, 0.15) is 6.61 Å². The second kappa shape index (κ2) is 9.45. The molecule has 6 nitrogen and oxygen atoms in total. The predicted molar refractivity (Wildman–Crippen MR) is 119 cm³/mol. The maximum absolute atomic E-state index is 12.3. The van der Waals surface area contributed by atoms with Crippen molar-refractivity contribution in [2.24, 2.45) is 5.84 Å². The molecule has 31 heavy (non-hydrogen) atoms. The van der Waals surface area contributed by atoms with Crippen LogP contribution < -0.4 is 16.6 Å². The lowest BCUT2D eigenvalue weighted by atomic mass is 9.98. The standard InChI is InChI=1S/C25H25N3O3/c26-28-24(29)14-13-17-9-11-18(12-10-17)15-27-25(30)31-16-23-21-7-3-1-5-19(21)20-6-2-4-8-22(20)23/h1-12,23H,13-16,26H2,(H,27,30)(H,28,29). The summed E-state index contributed by atoms with van der Waals surface area (Å²) in [5.41, 5.74) is 8.91. The van der Waals surface area contributed by atoms with Crippen LogP contribution in [0.15, 0.2) is 72.8 Å². The molecule has 1 aliphatic carbocycles. The van der Waals surface area contributed by atoms with Gasteiger partial charge in [-0.1, -0.05) is 72.8 Å². The molecule has 3 aromatic rings. The molecule has 158 valence electrons. The number of fused-ring (bicyclic) bond motifs is 3. The van der Waals surface area contributed by atoms with Crippen molar-refractivity contribution >= 4 is 12.0 Å². The van der Waals surface area contributed by atoms with Crippen molar-refractivity contribution in [1.82, 2.24) is 10.7 Å². The molecule has 1 aliphatic rings. The topological polar surface area (TPSA) is 93.5 Å². The van der Waals surface area contributed by atoms with Crippen molar-refractivity contribution in [2.75, 3.05) is 6.61 Å². The average Bonchev–Trinajstić information content (AvgIpc) is 3.14. The van der Waals surface area contributed by atoms with Crippen LogP contribution in [-0.2, 0) is 22.5 Å². The molecule has 0 heterocycles. The molecule has 0 atom stereocenters. The van der Waals surface area contributed by atoms with Gasteiger partial charge in [-0.3, -0.25) is 10.2 Å². The van der Waals surface area contributed by atoms with Gasteiger partial charge in [0.15, 0.2) is 0 Å². The number of carbonyl (C=O) groups excluding carboxylic acids is 2. The van der Waals surface area contributed by atoms with Gasteiger partial charge in [0.05, 0.1) is 0 Å². The molecular weight excluding hydrogens is 390 g/mol. The Balaban J connectivity index is 1.30. The first-order chi connectivity index (χ1) is 15.2. The Morgan fingerprint density at radius 1 is 0.839 bits per heavy atom. The number of rotatable bonds is 7. The Hall–Kier alpha value is -3.64. The summed E-state index contributed by atoms with van der Waals surface area (Å²) in [4.78, 5) is 23.5. The molecule has 6 heteroatoms. The number of nitrogens with two attached hydrogens (primary N) is 1. The van der Waals surface area contributed by atoms with E-state index in [1.165, 1.54) is 22.3 Å². The second-order valence-corrected chi connectivity index (χ2v) is 7.56. The van der Waals surface area contributed by atoms with E-state index in [4.69, 9.17) is 10.6 Å². The number of carbonyl (C=O) groups is 2. The van der Waals surface area contributed by atoms with Crippen LogP contribution in [0.25, 0.3) is 11.1 Å². The molecule has 0 unspecified atom stereocenters. The van der Waals surface area contributed by atoms with E-state index in [2.05, 4.69) is 35.0 Å². The highest BCUT2D eigenvalue weighted by Gasteiger charge is 2.28. The zero-order valence-corrected chi connectivity index (χ0v) is 17.1. The van der Waals surface area contributed by atoms with Gasteiger partial charge in [0, 0.05) is 18.9 Å². The van der Waals surface area contributed by atoms with Gasteiger partial charge < -0.3 is 10.1 Å². The fourth-order valence-corrected chi connectivity index (χ4v) is 3.98. The zero-order chi connectivity index (χ0) is 21.6. The van der Waals surface area contributed by atoms with Crippen LogP contribution in [0, 0.1) is 0 Å². The Morgan fingerprint density at radius 2 is 1.42 bits per heavy atom. The molecule has 0 spiro atoms. The molecule has 0 aliphatic heterocycles. The van der Waals surface area contributed by atoms with Crippen molar-refractivity contribution < 1.29 is 14.3 Å². The van der Waals surface area contributed by atoms with Crippen molar-refractivity contribution in [3.05, 3.63) is 95.1 Å². The lowest BCUT2D eigenvalue weighted by Gasteiger charge is -2.14. The summed E-state index contributed by atoms with van der Waals surface area (Å²) in [6.07, 6.45) is 0.516. The molecule has 4 N–H and O–H groups in total. The number of alkyl carbamates (subject to hydrolysis) is 1. The Kier molecular flexibility index (Phi) is 6.29. The summed E-state index contributed by atoms with van der Waals surface area (Å²) in [7, 11) is 0. The number of hydrogen-bond donors (Lipinski definition) is 3. The number of aryl methyl sites for hydroxylation is 1. The van der Waals surface area contributed by atoms with E-state index in [9.17, 15) is 9.59 Å². The highest BCUT2D eigenvalue weighted by atomic mass is 16.5. The first-order valence-corrected chi connectivity index (χ1v) is 10.3. The third kappa shape index (κ3) is 4.75. The van der Waals surface area contributed by atoms with Crippen LogP contribution in [0.4, 0.5) is 4.79 Å². The van der Waals surface area contributed by atoms with Crippen molar-refractivity contribution in [3.8, 4) is 11.1 Å². The van der Waals surface area contributed by atoms with Gasteiger partial charge in [0.25, 0.3) is 0 Å². The van der Waals surface area contributed by atoms with Crippen LogP contribution in [0.1, 0.15) is 34.6 Å². The van der Waals surface area contributed by atoms with Crippen LogP contribution >= 0.6 is 0 Å². The Bertz CT molecular complexity index is 1030. The van der Waals surface area contributed by atoms with Gasteiger partial charge >= 0.3 is 6.09 Å². The average molecular weight is 415 g/mol. The normalized spacial score (nSPS) is 12.0. The van der Waals surface area contributed by atoms with Gasteiger partial charge in [-0.25, -0.2) is 10.6 Å². The maximum Gasteiger partial charge on any atom is 0.407 e. The highest BCUT2D eigenvalue weighted by Crippen LogP contribution is 2.44. The minimum Gasteiger partial charge on any atom is -0.449 e. The zero-order valence-electron chi connectivity index (χ0n) is 17.1. The third-order valence-corrected chi connectivity index (χ3v) is 5.61. The molecular formula is C25H25N3O3. The number of amides is 2. The number of ether oxygens (including phenoxy) is 1. The smallest absolute Gasteiger partial charge is 0.407 e. The maximum atomic E-state index is 12.3. The molecule has 3 aromatic carbocycles. The monoisotopic (exact) mass is 415 g/mol. The summed E-state index contributed by atoms with van der Waals surface area (Å²) >= 11 is 0. The summed E-state index contributed by atoms with van der Waals surface area (Å²) in [5, 5.41) is 2.81. The van der Waals surface area contributed by atoms with Crippen LogP contribution in [0.5, 0.6) is 0 Å². The lowest BCUT2D eigenvalue weighted by Crippen LogP contribution is -2.30. The number of hydrogen-bond acceptors (Lipinski definition) is 4. The first-order valence-electron chi connectivity index (χ1n) is 10.3. The fourth-order valence-electron chi connectivity index (χ4n) is 3.98. The summed E-state index contributed by atoms with van der Waals surface area (Å²) in [6, 6.07) is 24.3. The van der Waals surface area contributed by atoms with E-state index in [1.54, 1.807) is 0 Å². The van der Waals surface area contributed by atoms with E-state index < -0.39 is 6.09 Å². The molecule has 0 radical (unpaired) electrons. The van der Waals surface area contributed by atoms with Crippen molar-refractivity contribution in [1.29, 1.82) is 0 Å². The lowest BCUT2D eigenvalue weighted by molar-refractivity contribution is -0.121. The predicted octanol–water partition coefficient (Wildman–Crippen LogP) is 3.65. The van der Waals surface area contributed by atoms with E-state index in [1.807, 2.05) is 48.5 Å². The molecule has 0 fully saturated rings. The first kappa shape index (κ1) is 20.6. The molecule has 0 aromatic heterocycles. The molecule has 4 rings (SSSR count). The van der Waals surface area contributed by atoms with Crippen LogP contribution in [0.3, 0.4) is 0 Å². The van der Waals surface area contributed by atoms with Gasteiger partial charge in [0.2, 0.25) is 5.91 Å². The van der Waals surface area contributed by atoms with Crippen LogP contribution in [0.2, 0.25) is 0 Å². The van der Waals surface area contributed by atoms with Crippen LogP contribution in [-0.4, -0.2) is 18.6 Å². The quantitative estimate of drug-likeness (QED) is 0.312. The molecule has 2 amide bonds. The number of hydrazine groups is 1. The molecule has 0 saturated carbocycles. The minimum absolute atomic E-state index is 0.0446. The van der Waals surface area contributed by atoms with Gasteiger partial charge in [-0.05, 0) is 39.8 Å². The Labute approximate surface area is 181 Å².